The maximum atomic E-state index is 12.6. The average Bonchev–Trinajstić information content (AvgIpc) is 2.77. The van der Waals surface area contributed by atoms with Crippen LogP contribution in [-0.2, 0) is 5.60 Å². The molecule has 2 aromatic rings. The first-order chi connectivity index (χ1) is 13.7. The highest BCUT2D eigenvalue weighted by molar-refractivity contribution is 5.32. The predicted molar refractivity (Wildman–Crippen MR) is 115 cm³/mol. The van der Waals surface area contributed by atoms with Crippen molar-refractivity contribution in [3.05, 3.63) is 71.8 Å². The molecule has 3 nitrogen and oxygen atoms in total. The Hall–Kier alpha value is -1.68. The Bertz CT molecular complexity index is 721. The molecule has 28 heavy (non-hydrogen) atoms. The van der Waals surface area contributed by atoms with Crippen LogP contribution in [-0.4, -0.2) is 48.1 Å². The van der Waals surface area contributed by atoms with E-state index < -0.39 is 5.60 Å². The first-order valence-corrected chi connectivity index (χ1v) is 10.9. The van der Waals surface area contributed by atoms with Gasteiger partial charge in [0.2, 0.25) is 0 Å². The van der Waals surface area contributed by atoms with Gasteiger partial charge < -0.3 is 10.0 Å². The minimum absolute atomic E-state index is 0.00657. The van der Waals surface area contributed by atoms with Crippen molar-refractivity contribution in [3.63, 3.8) is 0 Å². The molecular weight excluding hydrogens is 344 g/mol. The molecule has 1 saturated carbocycles. The van der Waals surface area contributed by atoms with E-state index in [2.05, 4.69) is 77.5 Å². The minimum atomic E-state index is -0.862. The van der Waals surface area contributed by atoms with Crippen LogP contribution in [0.2, 0.25) is 0 Å². The van der Waals surface area contributed by atoms with Gasteiger partial charge in [-0.05, 0) is 36.9 Å². The normalized spacial score (nSPS) is 23.2. The number of hydrogen-bond donors (Lipinski definition) is 1. The first-order valence-electron chi connectivity index (χ1n) is 10.9. The molecule has 0 amide bonds. The standard InChI is InChI=1S/C25H34N2O/c1-26-17-19-27(20-18-26)24(21-11-5-2-6-12-21)25(28,22-13-7-3-8-14-22)23-15-9-4-10-16-23/h2-3,5-8,11-14,23-24,28H,4,9-10,15-20H2,1H3. The summed E-state index contributed by atoms with van der Waals surface area (Å²) >= 11 is 0. The fraction of sp³-hybridized carbons (Fsp3) is 0.520. The maximum Gasteiger partial charge on any atom is 0.112 e. The fourth-order valence-electron chi connectivity index (χ4n) is 5.32. The Balaban J connectivity index is 1.81. The highest BCUT2D eigenvalue weighted by Gasteiger charge is 2.48. The number of likely N-dealkylation sites (N-methyl/N-ethyl adjacent to an activating group) is 1. The van der Waals surface area contributed by atoms with E-state index in [-0.39, 0.29) is 6.04 Å². The predicted octanol–water partition coefficient (Wildman–Crippen LogP) is 4.44. The van der Waals surface area contributed by atoms with Gasteiger partial charge in [0.1, 0.15) is 5.60 Å². The van der Waals surface area contributed by atoms with Gasteiger partial charge in [-0.1, -0.05) is 79.9 Å². The second-order valence-corrected chi connectivity index (χ2v) is 8.68. The van der Waals surface area contributed by atoms with Crippen LogP contribution in [0.1, 0.15) is 49.3 Å². The van der Waals surface area contributed by atoms with Crippen molar-refractivity contribution in [2.75, 3.05) is 33.2 Å². The second kappa shape index (κ2) is 8.77. The zero-order valence-electron chi connectivity index (χ0n) is 17.1. The quantitative estimate of drug-likeness (QED) is 0.833. The molecule has 2 aliphatic rings. The van der Waals surface area contributed by atoms with Crippen molar-refractivity contribution in [1.29, 1.82) is 0 Å². The van der Waals surface area contributed by atoms with Gasteiger partial charge in [0.15, 0.2) is 0 Å². The Morgan fingerprint density at radius 1 is 0.821 bits per heavy atom. The second-order valence-electron chi connectivity index (χ2n) is 8.68. The molecule has 1 aliphatic carbocycles. The van der Waals surface area contributed by atoms with Gasteiger partial charge in [0.05, 0.1) is 6.04 Å². The van der Waals surface area contributed by atoms with Crippen LogP contribution in [0.5, 0.6) is 0 Å². The Morgan fingerprint density at radius 3 is 2.00 bits per heavy atom. The van der Waals surface area contributed by atoms with Crippen molar-refractivity contribution >= 4 is 0 Å². The number of hydrogen-bond acceptors (Lipinski definition) is 3. The molecule has 1 N–H and O–H groups in total. The number of piperazine rings is 1. The molecular formula is C25H34N2O. The van der Waals surface area contributed by atoms with Gasteiger partial charge in [-0.3, -0.25) is 4.90 Å². The summed E-state index contributed by atoms with van der Waals surface area (Å²) in [6.07, 6.45) is 5.98. The summed E-state index contributed by atoms with van der Waals surface area (Å²) < 4.78 is 0. The Morgan fingerprint density at radius 2 is 1.39 bits per heavy atom. The summed E-state index contributed by atoms with van der Waals surface area (Å²) in [6, 6.07) is 21.2. The van der Waals surface area contributed by atoms with E-state index in [1.807, 2.05) is 0 Å². The zero-order valence-corrected chi connectivity index (χ0v) is 17.1. The van der Waals surface area contributed by atoms with Gasteiger partial charge in [-0.25, -0.2) is 0 Å². The lowest BCUT2D eigenvalue weighted by Gasteiger charge is -2.50. The third-order valence-corrected chi connectivity index (χ3v) is 6.90. The van der Waals surface area contributed by atoms with Crippen LogP contribution in [0.3, 0.4) is 0 Å². The molecule has 0 radical (unpaired) electrons. The van der Waals surface area contributed by atoms with Crippen molar-refractivity contribution < 1.29 is 5.11 Å². The molecule has 0 spiro atoms. The molecule has 2 unspecified atom stereocenters. The smallest absolute Gasteiger partial charge is 0.112 e. The lowest BCUT2D eigenvalue weighted by atomic mass is 9.67. The molecule has 3 heteroatoms. The topological polar surface area (TPSA) is 26.7 Å². The van der Waals surface area contributed by atoms with Gasteiger partial charge >= 0.3 is 0 Å². The van der Waals surface area contributed by atoms with Crippen molar-refractivity contribution in [2.24, 2.45) is 5.92 Å². The molecule has 0 aromatic heterocycles. The molecule has 150 valence electrons. The van der Waals surface area contributed by atoms with Crippen LogP contribution in [0.25, 0.3) is 0 Å². The molecule has 2 aromatic carbocycles. The van der Waals surface area contributed by atoms with E-state index in [4.69, 9.17) is 0 Å². The number of aliphatic hydroxyl groups is 1. The van der Waals surface area contributed by atoms with E-state index in [1.54, 1.807) is 0 Å². The lowest BCUT2D eigenvalue weighted by Crippen LogP contribution is -2.54. The van der Waals surface area contributed by atoms with Gasteiger partial charge in [-0.15, -0.1) is 0 Å². The van der Waals surface area contributed by atoms with E-state index in [9.17, 15) is 5.11 Å². The molecule has 0 bridgehead atoms. The molecule has 1 heterocycles. The number of benzene rings is 2. The number of nitrogens with zero attached hydrogens (tertiary/aromatic N) is 2. The van der Waals surface area contributed by atoms with Crippen molar-refractivity contribution in [1.82, 2.24) is 9.80 Å². The van der Waals surface area contributed by atoms with Crippen molar-refractivity contribution in [2.45, 2.75) is 43.7 Å². The zero-order chi connectivity index (χ0) is 19.4. The Kier molecular flexibility index (Phi) is 6.15. The van der Waals surface area contributed by atoms with Crippen LogP contribution in [0.15, 0.2) is 60.7 Å². The van der Waals surface area contributed by atoms with Crippen molar-refractivity contribution in [3.8, 4) is 0 Å². The largest absolute Gasteiger partial charge is 0.383 e. The summed E-state index contributed by atoms with van der Waals surface area (Å²) in [4.78, 5) is 4.93. The minimum Gasteiger partial charge on any atom is -0.383 e. The first kappa shape index (κ1) is 19.6. The monoisotopic (exact) mass is 378 g/mol. The molecule has 1 aliphatic heterocycles. The number of rotatable bonds is 5. The SMILES string of the molecule is CN1CCN(C(c2ccccc2)C(O)(c2ccccc2)C2CCCCC2)CC1. The third kappa shape index (κ3) is 3.89. The van der Waals surface area contributed by atoms with Crippen LogP contribution in [0.4, 0.5) is 0 Å². The maximum absolute atomic E-state index is 12.6. The highest BCUT2D eigenvalue weighted by atomic mass is 16.3. The summed E-state index contributed by atoms with van der Waals surface area (Å²) in [5.74, 6) is 0.300. The third-order valence-electron chi connectivity index (χ3n) is 6.90. The van der Waals surface area contributed by atoms with Gasteiger partial charge in [0.25, 0.3) is 0 Å². The summed E-state index contributed by atoms with van der Waals surface area (Å²) in [5.41, 5.74) is 1.46. The molecule has 2 fully saturated rings. The van der Waals surface area contributed by atoms with Crippen LogP contribution < -0.4 is 0 Å². The van der Waals surface area contributed by atoms with Gasteiger partial charge in [-0.2, -0.15) is 0 Å². The summed E-state index contributed by atoms with van der Waals surface area (Å²) in [7, 11) is 2.19. The molecule has 4 rings (SSSR count). The lowest BCUT2D eigenvalue weighted by molar-refractivity contribution is -0.115. The molecule has 1 saturated heterocycles. The Labute approximate surface area is 170 Å². The van der Waals surface area contributed by atoms with Crippen LogP contribution in [0, 0.1) is 5.92 Å². The fourth-order valence-corrected chi connectivity index (χ4v) is 5.32. The summed E-state index contributed by atoms with van der Waals surface area (Å²) in [6.45, 7) is 4.10. The van der Waals surface area contributed by atoms with E-state index in [1.165, 1.54) is 24.8 Å². The van der Waals surface area contributed by atoms with Gasteiger partial charge in [0, 0.05) is 26.2 Å². The van der Waals surface area contributed by atoms with Crippen LogP contribution >= 0.6 is 0 Å². The average molecular weight is 379 g/mol. The van der Waals surface area contributed by atoms with E-state index in [0.717, 1.165) is 44.6 Å². The van der Waals surface area contributed by atoms with E-state index >= 15 is 0 Å². The molecule has 2 atom stereocenters. The summed E-state index contributed by atoms with van der Waals surface area (Å²) in [5, 5.41) is 12.6. The highest BCUT2D eigenvalue weighted by Crippen LogP contribution is 2.49. The van der Waals surface area contributed by atoms with E-state index in [0.29, 0.717) is 5.92 Å².